The Morgan fingerprint density at radius 1 is 1.46 bits per heavy atom. The second-order valence-electron chi connectivity index (χ2n) is 5.10. The predicted molar refractivity (Wildman–Crippen MR) is 48.6 cm³/mol. The normalized spacial score (nSPS) is 41.3. The second-order valence-corrected chi connectivity index (χ2v) is 16.2. The van der Waals surface area contributed by atoms with E-state index in [1.165, 1.54) is 0 Å². The van der Waals surface area contributed by atoms with E-state index < -0.39 is 0 Å². The topological polar surface area (TPSA) is 26.3 Å². The number of esters is 1. The minimum atomic E-state index is 0.0134. The maximum atomic E-state index is 11.8. The molecule has 1 aliphatic rings. The van der Waals surface area contributed by atoms with E-state index in [2.05, 4.69) is 20.8 Å². The Bertz CT molecular complexity index is 234. The Hall–Kier alpha value is 2.74. The number of carbonyl (C=O) groups excluding carboxylic acids is 1. The third-order valence-electron chi connectivity index (χ3n) is 4.68. The Balaban J connectivity index is 2.88. The van der Waals surface area contributed by atoms with Gasteiger partial charge in [0.1, 0.15) is 0 Å². The first-order valence-corrected chi connectivity index (χ1v) is 11.5. The number of hydrogen-bond acceptors (Lipinski definition) is 2. The van der Waals surface area contributed by atoms with Crippen LogP contribution in [-0.4, -0.2) is 68.1 Å². The van der Waals surface area contributed by atoms with Crippen molar-refractivity contribution in [1.82, 2.24) is 0 Å². The molecule has 1 rings (SSSR count). The number of hydrogen-bond donors (Lipinski definition) is 0. The SMILES string of the molecule is CCOC(=O)[C]1([RaH])C(C)(C)[C]1(C)[Rb]. The standard InChI is InChI=1S/C9H14O2.Ra.Rb.H/c1-5-11-8(10)7-6(2)9(7,3)4;;;/h5H2,1-4H3;;;. The van der Waals surface area contributed by atoms with Crippen molar-refractivity contribution in [2.45, 2.75) is 26.6 Å². The molecule has 2 unspecified atom stereocenters. The maximum absolute atomic E-state index is 11.8. The molecule has 0 N–H and O–H groups in total. The molecule has 1 aliphatic carbocycles. The van der Waals surface area contributed by atoms with Gasteiger partial charge in [0.05, 0.1) is 0 Å². The van der Waals surface area contributed by atoms with E-state index in [9.17, 15) is 4.79 Å². The van der Waals surface area contributed by atoms with Crippen LogP contribution < -0.4 is 0 Å². The van der Waals surface area contributed by atoms with Crippen LogP contribution in [0.3, 0.4) is 0 Å². The molecule has 13 heavy (non-hydrogen) atoms. The van der Waals surface area contributed by atoms with Crippen LogP contribution in [-0.2, 0) is 9.53 Å². The molecule has 0 amide bonds. The predicted octanol–water partition coefficient (Wildman–Crippen LogP) is 1.38. The molecular formula is C9H15O2RaRb. The van der Waals surface area contributed by atoms with Gasteiger partial charge in [-0.3, -0.25) is 0 Å². The monoisotopic (exact) mass is 466 g/mol. The van der Waals surface area contributed by atoms with Crippen molar-refractivity contribution < 1.29 is 52.3 Å². The first-order valence-electron chi connectivity index (χ1n) is 4.90. The van der Waals surface area contributed by atoms with Crippen LogP contribution in [0.1, 0.15) is 27.7 Å². The van der Waals surface area contributed by atoms with E-state index in [0.717, 1.165) is 0 Å². The average Bonchev–Trinajstić information content (AvgIpc) is 2.31. The summed E-state index contributed by atoms with van der Waals surface area (Å²) in [6.07, 6.45) is 0. The Morgan fingerprint density at radius 3 is 2.08 bits per heavy atom. The summed E-state index contributed by atoms with van der Waals surface area (Å²) >= 11 is 0.735. The second kappa shape index (κ2) is 4.20. The van der Waals surface area contributed by atoms with Crippen LogP contribution >= 0.6 is 0 Å². The molecule has 0 aromatic carbocycles. The molecule has 0 aromatic rings. The van der Waals surface area contributed by atoms with Gasteiger partial charge in [0, 0.05) is 0 Å². The Kier molecular flexibility index (Phi) is 4.46. The fourth-order valence-corrected chi connectivity index (χ4v) is 15.6. The van der Waals surface area contributed by atoms with Crippen molar-refractivity contribution in [2.24, 2.45) is 5.41 Å². The molecule has 0 bridgehead atoms. The van der Waals surface area contributed by atoms with E-state index in [1.54, 1.807) is 0 Å². The van der Waals surface area contributed by atoms with Gasteiger partial charge < -0.3 is 0 Å². The summed E-state index contributed by atoms with van der Waals surface area (Å²) in [6.45, 7) is 9.18. The van der Waals surface area contributed by atoms with Crippen molar-refractivity contribution >= 4 is 61.5 Å². The first-order chi connectivity index (χ1) is 5.73. The van der Waals surface area contributed by atoms with Crippen LogP contribution in [0, 0.1) is 48.2 Å². The third-order valence-corrected chi connectivity index (χ3v) is 32.3. The Labute approximate surface area is 148 Å². The molecular weight excluding hydrogens is 452 g/mol. The van der Waals surface area contributed by atoms with Gasteiger partial charge in [0.25, 0.3) is 0 Å². The molecule has 4 heteroatoms. The molecule has 1 saturated carbocycles. The van der Waals surface area contributed by atoms with Crippen molar-refractivity contribution in [3.05, 3.63) is 0 Å². The summed E-state index contributed by atoms with van der Waals surface area (Å²) in [5.74, 6) is 0.104. The minimum absolute atomic E-state index is 0.0134. The number of ether oxygens (including phenoxy) is 1. The molecule has 66 valence electrons. The van der Waals surface area contributed by atoms with Crippen molar-refractivity contribution in [2.75, 3.05) is 6.61 Å². The molecule has 0 saturated heterocycles. The molecule has 0 aliphatic heterocycles. The zero-order chi connectivity index (χ0) is 10.5. The van der Waals surface area contributed by atoms with E-state index in [0.29, 0.717) is 60.6 Å². The van der Waals surface area contributed by atoms with Crippen LogP contribution in [0.4, 0.5) is 0 Å². The Morgan fingerprint density at radius 2 is 1.85 bits per heavy atom. The number of rotatable bonds is 2. The zero-order valence-electron chi connectivity index (χ0n) is 9.52. The summed E-state index contributed by atoms with van der Waals surface area (Å²) in [7, 11) is 0. The summed E-state index contributed by atoms with van der Waals surface area (Å²) in [4.78, 5) is 11.8. The summed E-state index contributed by atoms with van der Waals surface area (Å²) in [5, 5.41) is 0. The molecule has 2 atom stereocenters. The van der Waals surface area contributed by atoms with Gasteiger partial charge in [0.15, 0.2) is 0 Å². The van der Waals surface area contributed by atoms with E-state index in [-0.39, 0.29) is 54.6 Å². The van der Waals surface area contributed by atoms with Gasteiger partial charge in [-0.05, 0) is 0 Å². The van der Waals surface area contributed by atoms with Gasteiger partial charge in [0.2, 0.25) is 0 Å². The van der Waals surface area contributed by atoms with Crippen molar-refractivity contribution in [1.29, 1.82) is 0 Å². The zero-order valence-corrected chi connectivity index (χ0v) is 22.7. The molecule has 1 fully saturated rings. The fraction of sp³-hybridized carbons (Fsp3) is 0.889. The quantitative estimate of drug-likeness (QED) is 0.575. The molecule has 0 heterocycles. The van der Waals surface area contributed by atoms with Gasteiger partial charge in [-0.15, -0.1) is 0 Å². The molecule has 0 radical (unpaired) electrons. The van der Waals surface area contributed by atoms with E-state index in [4.69, 9.17) is 4.74 Å². The van der Waals surface area contributed by atoms with Crippen molar-refractivity contribution in [3.8, 4) is 0 Å². The van der Waals surface area contributed by atoms with E-state index >= 15 is 0 Å². The van der Waals surface area contributed by atoms with Gasteiger partial charge in [-0.1, -0.05) is 0 Å². The first kappa shape index (κ1) is 13.8. The third kappa shape index (κ3) is 1.77. The van der Waals surface area contributed by atoms with Crippen LogP contribution in [0.15, 0.2) is 0 Å². The molecule has 0 spiro atoms. The fourth-order valence-electron chi connectivity index (χ4n) is 2.38. The molecule has 2 nitrogen and oxygen atoms in total. The van der Waals surface area contributed by atoms with Gasteiger partial charge in [-0.2, -0.15) is 0 Å². The van der Waals surface area contributed by atoms with Crippen LogP contribution in [0.5, 0.6) is 0 Å². The molecule has 0 aromatic heterocycles. The van der Waals surface area contributed by atoms with Gasteiger partial charge >= 0.3 is 152 Å². The van der Waals surface area contributed by atoms with Crippen molar-refractivity contribution in [3.63, 3.8) is 0 Å². The average molecular weight is 467 g/mol. The van der Waals surface area contributed by atoms with Gasteiger partial charge in [-0.25, -0.2) is 0 Å². The summed E-state index contributed by atoms with van der Waals surface area (Å²) in [6, 6.07) is 0. The summed E-state index contributed by atoms with van der Waals surface area (Å²) < 4.78 is 5.57. The van der Waals surface area contributed by atoms with Crippen LogP contribution in [0.2, 0.25) is -1.06 Å². The number of carbonyl (C=O) groups is 1. The van der Waals surface area contributed by atoms with Crippen LogP contribution in [0.25, 0.3) is 0 Å². The van der Waals surface area contributed by atoms with E-state index in [1.807, 2.05) is 6.92 Å². The summed E-state index contributed by atoms with van der Waals surface area (Å²) in [5.41, 5.74) is 0.243.